The molecule has 1 saturated heterocycles. The number of aromatic nitrogens is 2. The van der Waals surface area contributed by atoms with Gasteiger partial charge in [-0.3, -0.25) is 24.5 Å². The number of carbonyl (C=O) groups excluding carboxylic acids is 4. The van der Waals surface area contributed by atoms with E-state index in [0.29, 0.717) is 17.3 Å². The molecule has 156 valence electrons. The number of H-pyrrole nitrogens is 1. The van der Waals surface area contributed by atoms with Gasteiger partial charge in [0.2, 0.25) is 11.8 Å². The predicted molar refractivity (Wildman–Crippen MR) is 94.0 cm³/mol. The van der Waals surface area contributed by atoms with Crippen molar-refractivity contribution in [3.63, 3.8) is 0 Å². The number of aromatic amines is 1. The molecule has 1 aromatic heterocycles. The first-order valence-corrected chi connectivity index (χ1v) is 8.84. The second kappa shape index (κ2) is 6.97. The quantitative estimate of drug-likeness (QED) is 0.647. The zero-order valence-electron chi connectivity index (χ0n) is 15.2. The molecule has 1 aromatic carbocycles. The highest BCUT2D eigenvalue weighted by Gasteiger charge is 2.39. The molecule has 0 bridgehead atoms. The van der Waals surface area contributed by atoms with Gasteiger partial charge in [-0.25, -0.2) is 4.98 Å². The Morgan fingerprint density at radius 2 is 2.00 bits per heavy atom. The van der Waals surface area contributed by atoms with E-state index >= 15 is 0 Å². The number of hydrogen-bond acceptors (Lipinski definition) is 5. The van der Waals surface area contributed by atoms with Crippen LogP contribution in [0.15, 0.2) is 24.4 Å². The van der Waals surface area contributed by atoms with Crippen molar-refractivity contribution in [2.75, 3.05) is 5.32 Å². The van der Waals surface area contributed by atoms with Gasteiger partial charge in [0.05, 0.1) is 6.20 Å². The smallest absolute Gasteiger partial charge is 0.330 e. The number of benzene rings is 1. The Kier molecular flexibility index (Phi) is 4.56. The number of rotatable bonds is 3. The molecule has 0 radical (unpaired) electrons. The number of nitrogens with one attached hydrogen (secondary N) is 3. The summed E-state index contributed by atoms with van der Waals surface area (Å²) in [5.41, 5.74) is -0.0123. The summed E-state index contributed by atoms with van der Waals surface area (Å²) in [7, 11) is 0. The predicted octanol–water partition coefficient (Wildman–Crippen LogP) is 1.44. The van der Waals surface area contributed by atoms with Crippen molar-refractivity contribution in [3.05, 3.63) is 47.0 Å². The number of halogens is 3. The highest BCUT2D eigenvalue weighted by molar-refractivity contribution is 6.06. The van der Waals surface area contributed by atoms with Crippen LogP contribution in [0.2, 0.25) is 0 Å². The molecule has 4 amide bonds. The Bertz CT molecular complexity index is 1080. The number of imide groups is 1. The first kappa shape index (κ1) is 19.6. The second-order valence-corrected chi connectivity index (χ2v) is 6.87. The van der Waals surface area contributed by atoms with Crippen molar-refractivity contribution in [1.29, 1.82) is 0 Å². The van der Waals surface area contributed by atoms with Crippen LogP contribution in [0, 0.1) is 0 Å². The summed E-state index contributed by atoms with van der Waals surface area (Å²) in [5.74, 6) is -2.70. The molecule has 3 heterocycles. The number of carbonyl (C=O) groups is 4. The Hall–Kier alpha value is -3.70. The number of alkyl halides is 3. The van der Waals surface area contributed by atoms with Crippen LogP contribution >= 0.6 is 0 Å². The minimum absolute atomic E-state index is 0.100. The number of nitrogens with zero attached hydrogens (tertiary/aromatic N) is 2. The van der Waals surface area contributed by atoms with Crippen molar-refractivity contribution in [1.82, 2.24) is 20.2 Å². The average molecular weight is 421 g/mol. The number of fused-ring (bicyclic) bond motifs is 1. The Balaban J connectivity index is 1.49. The lowest BCUT2D eigenvalue weighted by Gasteiger charge is -2.29. The molecule has 0 spiro atoms. The fraction of sp³-hybridized carbons (Fsp3) is 0.278. The van der Waals surface area contributed by atoms with Gasteiger partial charge in [-0.1, -0.05) is 0 Å². The van der Waals surface area contributed by atoms with Gasteiger partial charge in [0, 0.05) is 24.2 Å². The SMILES string of the molecule is O=C1CCC(N2Cc3cc(NC(=O)c4ncc(C(F)(F)F)[nH]4)ccc3C2=O)C(=O)N1. The summed E-state index contributed by atoms with van der Waals surface area (Å²) < 4.78 is 37.9. The van der Waals surface area contributed by atoms with E-state index in [9.17, 15) is 32.3 Å². The number of hydrogen-bond donors (Lipinski definition) is 3. The minimum Gasteiger partial charge on any atom is -0.330 e. The third-order valence-electron chi connectivity index (χ3n) is 4.88. The first-order chi connectivity index (χ1) is 14.1. The van der Waals surface area contributed by atoms with E-state index in [0.717, 1.165) is 0 Å². The standard InChI is InChI=1S/C18H14F3N5O4/c19-18(20,21)12-6-22-14(24-12)16(29)23-9-1-2-10-8(5-9)7-26(17(10)30)11-3-4-13(27)25-15(11)28/h1-2,5-6,11H,3-4,7H2,(H,22,24)(H,23,29)(H,25,27,28). The molecule has 2 aromatic rings. The maximum Gasteiger partial charge on any atom is 0.432 e. The van der Waals surface area contributed by atoms with Gasteiger partial charge in [-0.05, 0) is 30.2 Å². The minimum atomic E-state index is -4.65. The normalized spacial score (nSPS) is 19.0. The fourth-order valence-electron chi connectivity index (χ4n) is 3.42. The van der Waals surface area contributed by atoms with Crippen LogP contribution in [-0.4, -0.2) is 44.5 Å². The van der Waals surface area contributed by atoms with Gasteiger partial charge in [0.1, 0.15) is 11.7 Å². The molecule has 9 nitrogen and oxygen atoms in total. The Morgan fingerprint density at radius 3 is 2.67 bits per heavy atom. The number of amides is 4. The topological polar surface area (TPSA) is 124 Å². The van der Waals surface area contributed by atoms with Gasteiger partial charge < -0.3 is 15.2 Å². The van der Waals surface area contributed by atoms with Crippen LogP contribution in [0.4, 0.5) is 18.9 Å². The highest BCUT2D eigenvalue weighted by Crippen LogP contribution is 2.30. The summed E-state index contributed by atoms with van der Waals surface area (Å²) >= 11 is 0. The summed E-state index contributed by atoms with van der Waals surface area (Å²) in [6.45, 7) is 0.100. The van der Waals surface area contributed by atoms with Crippen molar-refractivity contribution < 1.29 is 32.3 Å². The van der Waals surface area contributed by atoms with Crippen LogP contribution in [-0.2, 0) is 22.3 Å². The molecule has 2 aliphatic heterocycles. The van der Waals surface area contributed by atoms with Gasteiger partial charge >= 0.3 is 6.18 Å². The summed E-state index contributed by atoms with van der Waals surface area (Å²) in [6, 6.07) is 3.62. The monoisotopic (exact) mass is 421 g/mol. The Morgan fingerprint density at radius 1 is 1.23 bits per heavy atom. The van der Waals surface area contributed by atoms with Crippen LogP contribution in [0.1, 0.15) is 45.1 Å². The molecule has 12 heteroatoms. The van der Waals surface area contributed by atoms with Crippen molar-refractivity contribution in [3.8, 4) is 0 Å². The third kappa shape index (κ3) is 3.51. The highest BCUT2D eigenvalue weighted by atomic mass is 19.4. The first-order valence-electron chi connectivity index (χ1n) is 8.84. The van der Waals surface area contributed by atoms with Gasteiger partial charge in [-0.15, -0.1) is 0 Å². The molecule has 1 atom stereocenters. The summed E-state index contributed by atoms with van der Waals surface area (Å²) in [6.07, 6.45) is -3.79. The molecule has 4 rings (SSSR count). The van der Waals surface area contributed by atoms with E-state index in [2.05, 4.69) is 15.6 Å². The lowest BCUT2D eigenvalue weighted by Crippen LogP contribution is -2.52. The van der Waals surface area contributed by atoms with E-state index in [1.54, 1.807) is 0 Å². The third-order valence-corrected chi connectivity index (χ3v) is 4.88. The Labute approximate surface area is 166 Å². The zero-order valence-corrected chi connectivity index (χ0v) is 15.2. The van der Waals surface area contributed by atoms with E-state index in [-0.39, 0.29) is 31.0 Å². The van der Waals surface area contributed by atoms with E-state index < -0.39 is 41.5 Å². The van der Waals surface area contributed by atoms with Crippen LogP contribution in [0.3, 0.4) is 0 Å². The number of imidazole rings is 1. The molecule has 0 saturated carbocycles. The number of piperidine rings is 1. The van der Waals surface area contributed by atoms with E-state index in [4.69, 9.17) is 0 Å². The maximum atomic E-state index is 12.6. The average Bonchev–Trinajstić information content (AvgIpc) is 3.27. The van der Waals surface area contributed by atoms with E-state index in [1.165, 1.54) is 23.1 Å². The van der Waals surface area contributed by atoms with Gasteiger partial charge in [0.25, 0.3) is 11.8 Å². The summed E-state index contributed by atoms with van der Waals surface area (Å²) in [5, 5.41) is 4.63. The van der Waals surface area contributed by atoms with Crippen molar-refractivity contribution >= 4 is 29.3 Å². The molecule has 30 heavy (non-hydrogen) atoms. The molecule has 1 unspecified atom stereocenters. The van der Waals surface area contributed by atoms with Gasteiger partial charge in [-0.2, -0.15) is 13.2 Å². The molecule has 1 fully saturated rings. The maximum absolute atomic E-state index is 12.6. The lowest BCUT2D eigenvalue weighted by molar-refractivity contribution is -0.141. The van der Waals surface area contributed by atoms with Crippen LogP contribution in [0.25, 0.3) is 0 Å². The second-order valence-electron chi connectivity index (χ2n) is 6.87. The molecular weight excluding hydrogens is 407 g/mol. The zero-order chi connectivity index (χ0) is 21.6. The summed E-state index contributed by atoms with van der Waals surface area (Å²) in [4.78, 5) is 54.8. The fourth-order valence-corrected chi connectivity index (χ4v) is 3.42. The van der Waals surface area contributed by atoms with Crippen LogP contribution in [0.5, 0.6) is 0 Å². The van der Waals surface area contributed by atoms with Crippen molar-refractivity contribution in [2.45, 2.75) is 31.6 Å². The number of anilines is 1. The lowest BCUT2D eigenvalue weighted by atomic mass is 10.0. The molecule has 0 aliphatic carbocycles. The van der Waals surface area contributed by atoms with E-state index in [1.807, 2.05) is 4.98 Å². The molecule has 3 N–H and O–H groups in total. The van der Waals surface area contributed by atoms with Crippen LogP contribution < -0.4 is 10.6 Å². The van der Waals surface area contributed by atoms with Gasteiger partial charge in [0.15, 0.2) is 5.82 Å². The largest absolute Gasteiger partial charge is 0.432 e. The van der Waals surface area contributed by atoms with Crippen molar-refractivity contribution in [2.24, 2.45) is 0 Å². The molecular formula is C18H14F3N5O4. The molecule has 2 aliphatic rings.